The maximum absolute atomic E-state index is 11.6. The van der Waals surface area contributed by atoms with Crippen LogP contribution in [-0.4, -0.2) is 23.6 Å². The Labute approximate surface area is 117 Å². The Morgan fingerprint density at radius 3 is 3.05 bits per heavy atom. The van der Waals surface area contributed by atoms with Crippen LogP contribution in [0, 0.1) is 11.3 Å². The number of carbonyl (C=O) groups is 1. The van der Waals surface area contributed by atoms with E-state index in [-0.39, 0.29) is 19.0 Å². The predicted octanol–water partition coefficient (Wildman–Crippen LogP) is 2.07. The Hall–Kier alpha value is -2.48. The van der Waals surface area contributed by atoms with Gasteiger partial charge in [0.2, 0.25) is 5.91 Å². The van der Waals surface area contributed by atoms with E-state index in [0.717, 1.165) is 23.1 Å². The van der Waals surface area contributed by atoms with Crippen molar-refractivity contribution in [1.82, 2.24) is 9.88 Å². The van der Waals surface area contributed by atoms with Crippen molar-refractivity contribution in [2.24, 2.45) is 0 Å². The molecule has 0 aliphatic heterocycles. The number of hydrogen-bond acceptors (Lipinski definition) is 3. The third-order valence-electron chi connectivity index (χ3n) is 2.89. The van der Waals surface area contributed by atoms with Crippen molar-refractivity contribution >= 4 is 16.8 Å². The van der Waals surface area contributed by atoms with Gasteiger partial charge in [0, 0.05) is 17.1 Å². The first-order valence-electron chi connectivity index (χ1n) is 6.60. The number of amides is 1. The zero-order valence-electron chi connectivity index (χ0n) is 11.4. The van der Waals surface area contributed by atoms with Crippen molar-refractivity contribution in [3.05, 3.63) is 30.5 Å². The molecule has 0 aliphatic rings. The van der Waals surface area contributed by atoms with Crippen LogP contribution in [0.5, 0.6) is 5.75 Å². The summed E-state index contributed by atoms with van der Waals surface area (Å²) >= 11 is 0. The van der Waals surface area contributed by atoms with Gasteiger partial charge in [-0.3, -0.25) is 4.79 Å². The van der Waals surface area contributed by atoms with Crippen molar-refractivity contribution in [2.45, 2.75) is 19.9 Å². The number of nitrogens with zero attached hydrogens (tertiary/aromatic N) is 2. The fraction of sp³-hybridized carbons (Fsp3) is 0.333. The summed E-state index contributed by atoms with van der Waals surface area (Å²) in [5.74, 6) is 0.668. The molecule has 1 N–H and O–H groups in total. The van der Waals surface area contributed by atoms with Gasteiger partial charge in [-0.25, -0.2) is 0 Å². The molecule has 2 rings (SSSR count). The molecule has 2 aromatic rings. The number of carbonyl (C=O) groups excluding carboxylic acids is 1. The van der Waals surface area contributed by atoms with Crippen molar-refractivity contribution < 1.29 is 9.53 Å². The molecule has 0 radical (unpaired) electrons. The first-order valence-corrected chi connectivity index (χ1v) is 6.60. The summed E-state index contributed by atoms with van der Waals surface area (Å²) in [6.45, 7) is 3.00. The zero-order chi connectivity index (χ0) is 14.4. The van der Waals surface area contributed by atoms with Crippen molar-refractivity contribution in [3.8, 4) is 11.8 Å². The molecule has 0 bridgehead atoms. The zero-order valence-corrected chi connectivity index (χ0v) is 11.4. The molecule has 104 valence electrons. The van der Waals surface area contributed by atoms with Gasteiger partial charge in [-0.05, 0) is 30.7 Å². The molecule has 0 saturated carbocycles. The van der Waals surface area contributed by atoms with Crippen LogP contribution in [0.2, 0.25) is 0 Å². The molecule has 0 saturated heterocycles. The summed E-state index contributed by atoms with van der Waals surface area (Å²) in [7, 11) is 0. The summed E-state index contributed by atoms with van der Waals surface area (Å²) in [6.07, 6.45) is 2.83. The smallest absolute Gasteiger partial charge is 0.240 e. The van der Waals surface area contributed by atoms with Crippen LogP contribution in [0.3, 0.4) is 0 Å². The van der Waals surface area contributed by atoms with Crippen LogP contribution in [0.1, 0.15) is 13.3 Å². The Kier molecular flexibility index (Phi) is 4.61. The van der Waals surface area contributed by atoms with Gasteiger partial charge in [0.15, 0.2) is 0 Å². The topological polar surface area (TPSA) is 67.0 Å². The summed E-state index contributed by atoms with van der Waals surface area (Å²) in [4.78, 5) is 11.6. The fourth-order valence-electron chi connectivity index (χ4n) is 1.97. The van der Waals surface area contributed by atoms with Crippen LogP contribution < -0.4 is 10.1 Å². The molecule has 1 heterocycles. The Bertz CT molecular complexity index is 640. The second-order valence-electron chi connectivity index (χ2n) is 4.45. The minimum atomic E-state index is -0.171. The first-order chi connectivity index (χ1) is 9.74. The molecule has 0 fully saturated rings. The highest BCUT2D eigenvalue weighted by Gasteiger charge is 2.06. The standard InChI is InChI=1S/C15H17N3O2/c1-2-9-20-13-3-4-14-12(10-13)5-8-18(14)11-15(19)17-7-6-16/h3-5,8,10H,2,7,9,11H2,1H3,(H,17,19). The minimum Gasteiger partial charge on any atom is -0.494 e. The molecular formula is C15H17N3O2. The van der Waals surface area contributed by atoms with Gasteiger partial charge >= 0.3 is 0 Å². The van der Waals surface area contributed by atoms with E-state index in [0.29, 0.717) is 6.61 Å². The monoisotopic (exact) mass is 271 g/mol. The third kappa shape index (κ3) is 3.29. The van der Waals surface area contributed by atoms with Crippen LogP contribution >= 0.6 is 0 Å². The maximum atomic E-state index is 11.6. The molecule has 1 aromatic carbocycles. The van der Waals surface area contributed by atoms with Gasteiger partial charge in [-0.15, -0.1) is 0 Å². The van der Waals surface area contributed by atoms with Crippen molar-refractivity contribution in [1.29, 1.82) is 5.26 Å². The number of rotatable bonds is 6. The summed E-state index contributed by atoms with van der Waals surface area (Å²) < 4.78 is 7.43. The quantitative estimate of drug-likeness (QED) is 0.818. The second kappa shape index (κ2) is 6.62. The van der Waals surface area contributed by atoms with E-state index in [1.807, 2.05) is 41.1 Å². The maximum Gasteiger partial charge on any atom is 0.240 e. The lowest BCUT2D eigenvalue weighted by Gasteiger charge is -2.07. The van der Waals surface area contributed by atoms with Gasteiger partial charge in [0.05, 0.1) is 12.7 Å². The molecule has 5 heteroatoms. The van der Waals surface area contributed by atoms with E-state index in [2.05, 4.69) is 12.2 Å². The number of ether oxygens (including phenoxy) is 1. The second-order valence-corrected chi connectivity index (χ2v) is 4.45. The highest BCUT2D eigenvalue weighted by Crippen LogP contribution is 2.22. The van der Waals surface area contributed by atoms with Gasteiger partial charge in [0.1, 0.15) is 18.8 Å². The molecule has 1 amide bonds. The minimum absolute atomic E-state index is 0.0348. The average Bonchev–Trinajstić information content (AvgIpc) is 2.85. The lowest BCUT2D eigenvalue weighted by atomic mass is 10.2. The number of aromatic nitrogens is 1. The molecule has 0 unspecified atom stereocenters. The predicted molar refractivity (Wildman–Crippen MR) is 76.3 cm³/mol. The Morgan fingerprint density at radius 1 is 1.45 bits per heavy atom. The van der Waals surface area contributed by atoms with Gasteiger partial charge < -0.3 is 14.6 Å². The van der Waals surface area contributed by atoms with E-state index >= 15 is 0 Å². The van der Waals surface area contributed by atoms with Gasteiger partial charge in [-0.2, -0.15) is 5.26 Å². The number of hydrogen-bond donors (Lipinski definition) is 1. The molecule has 5 nitrogen and oxygen atoms in total. The number of benzene rings is 1. The summed E-state index contributed by atoms with van der Waals surface area (Å²) in [5.41, 5.74) is 0.973. The fourth-order valence-corrected chi connectivity index (χ4v) is 1.97. The SMILES string of the molecule is CCCOc1ccc2c(ccn2CC(=O)NCC#N)c1. The lowest BCUT2D eigenvalue weighted by Crippen LogP contribution is -2.27. The molecule has 0 atom stereocenters. The van der Waals surface area contributed by atoms with Gasteiger partial charge in [0.25, 0.3) is 0 Å². The Morgan fingerprint density at radius 2 is 2.30 bits per heavy atom. The van der Waals surface area contributed by atoms with Crippen LogP contribution in [0.25, 0.3) is 10.9 Å². The largest absolute Gasteiger partial charge is 0.494 e. The van der Waals surface area contributed by atoms with E-state index in [1.54, 1.807) is 0 Å². The number of fused-ring (bicyclic) bond motifs is 1. The van der Waals surface area contributed by atoms with E-state index in [9.17, 15) is 4.79 Å². The van der Waals surface area contributed by atoms with Crippen molar-refractivity contribution in [3.63, 3.8) is 0 Å². The lowest BCUT2D eigenvalue weighted by molar-refractivity contribution is -0.121. The number of nitrogens with one attached hydrogen (secondary N) is 1. The van der Waals surface area contributed by atoms with Crippen LogP contribution in [-0.2, 0) is 11.3 Å². The molecule has 0 aliphatic carbocycles. The van der Waals surface area contributed by atoms with Crippen LogP contribution in [0.4, 0.5) is 0 Å². The van der Waals surface area contributed by atoms with E-state index in [4.69, 9.17) is 10.00 Å². The molecule has 20 heavy (non-hydrogen) atoms. The summed E-state index contributed by atoms with van der Waals surface area (Å²) in [6, 6.07) is 9.65. The molecular weight excluding hydrogens is 254 g/mol. The first kappa shape index (κ1) is 13.9. The van der Waals surface area contributed by atoms with E-state index < -0.39 is 0 Å². The van der Waals surface area contributed by atoms with Crippen LogP contribution in [0.15, 0.2) is 30.5 Å². The highest BCUT2D eigenvalue weighted by molar-refractivity contribution is 5.84. The third-order valence-corrected chi connectivity index (χ3v) is 2.89. The summed E-state index contributed by atoms with van der Waals surface area (Å²) in [5, 5.41) is 12.0. The normalized spacial score (nSPS) is 10.2. The average molecular weight is 271 g/mol. The van der Waals surface area contributed by atoms with Crippen molar-refractivity contribution in [2.75, 3.05) is 13.2 Å². The molecule has 1 aromatic heterocycles. The molecule has 0 spiro atoms. The van der Waals surface area contributed by atoms with E-state index in [1.165, 1.54) is 0 Å². The number of nitriles is 1. The van der Waals surface area contributed by atoms with Gasteiger partial charge in [-0.1, -0.05) is 6.92 Å². The Balaban J connectivity index is 2.12. The highest BCUT2D eigenvalue weighted by atomic mass is 16.5.